The first-order chi connectivity index (χ1) is 11.5. The Morgan fingerprint density at radius 3 is 2.48 bits per heavy atom. The van der Waals surface area contributed by atoms with E-state index in [2.05, 4.69) is 0 Å². The number of esters is 1. The Morgan fingerprint density at radius 2 is 1.92 bits per heavy atom. The maximum atomic E-state index is 12.7. The van der Waals surface area contributed by atoms with E-state index in [1.807, 2.05) is 0 Å². The molecule has 0 saturated carbocycles. The van der Waals surface area contributed by atoms with E-state index >= 15 is 0 Å². The molecule has 136 valence electrons. The zero-order chi connectivity index (χ0) is 18.9. The molecule has 25 heavy (non-hydrogen) atoms. The summed E-state index contributed by atoms with van der Waals surface area (Å²) in [6.45, 7) is 8.03. The van der Waals surface area contributed by atoms with Gasteiger partial charge in [0.15, 0.2) is 11.4 Å². The second-order valence-corrected chi connectivity index (χ2v) is 7.36. The lowest BCUT2D eigenvalue weighted by atomic mass is 10.0. The molecule has 0 aromatic heterocycles. The number of fused-ring (bicyclic) bond motifs is 1. The highest BCUT2D eigenvalue weighted by Crippen LogP contribution is 2.38. The van der Waals surface area contributed by atoms with Crippen molar-refractivity contribution in [2.45, 2.75) is 51.7 Å². The molecule has 0 N–H and O–H groups in total. The van der Waals surface area contributed by atoms with Crippen LogP contribution in [0.1, 0.15) is 45.0 Å². The number of nitrogens with zero attached hydrogens (tertiary/aromatic N) is 1. The van der Waals surface area contributed by atoms with E-state index in [9.17, 15) is 14.4 Å². The van der Waals surface area contributed by atoms with Crippen LogP contribution in [0.5, 0.6) is 5.75 Å². The van der Waals surface area contributed by atoms with Gasteiger partial charge in [0.1, 0.15) is 12.3 Å². The van der Waals surface area contributed by atoms with Crippen molar-refractivity contribution in [3.63, 3.8) is 0 Å². The van der Waals surface area contributed by atoms with E-state index in [0.717, 1.165) is 0 Å². The van der Waals surface area contributed by atoms with Crippen molar-refractivity contribution in [2.75, 3.05) is 11.4 Å². The summed E-state index contributed by atoms with van der Waals surface area (Å²) < 4.78 is 10.9. The Morgan fingerprint density at radius 1 is 1.28 bits per heavy atom. The highest BCUT2D eigenvalue weighted by Gasteiger charge is 2.42. The molecule has 7 heteroatoms. The van der Waals surface area contributed by atoms with Gasteiger partial charge in [-0.2, -0.15) is 0 Å². The fraction of sp³-hybridized carbons (Fsp3) is 0.500. The normalized spacial score (nSPS) is 16.9. The second kappa shape index (κ2) is 7.04. The van der Waals surface area contributed by atoms with Crippen LogP contribution in [0.3, 0.4) is 0 Å². The third-order valence-electron chi connectivity index (χ3n) is 3.68. The first kappa shape index (κ1) is 19.2. The summed E-state index contributed by atoms with van der Waals surface area (Å²) in [6, 6.07) is 4.72. The fourth-order valence-electron chi connectivity index (χ4n) is 2.54. The highest BCUT2D eigenvalue weighted by molar-refractivity contribution is 6.33. The summed E-state index contributed by atoms with van der Waals surface area (Å²) in [5, 5.41) is -0.700. The minimum absolute atomic E-state index is 0.259. The van der Waals surface area contributed by atoms with Gasteiger partial charge in [-0.05, 0) is 52.8 Å². The van der Waals surface area contributed by atoms with Crippen LogP contribution in [0.15, 0.2) is 18.2 Å². The van der Waals surface area contributed by atoms with Crippen molar-refractivity contribution in [1.29, 1.82) is 0 Å². The number of anilines is 1. The van der Waals surface area contributed by atoms with Gasteiger partial charge in [0, 0.05) is 5.56 Å². The molecule has 0 fully saturated rings. The number of amides is 1. The van der Waals surface area contributed by atoms with Crippen LogP contribution in [-0.2, 0) is 14.3 Å². The molecule has 1 aromatic rings. The SMILES string of the molecule is CC(C)OC(=O)CN1C(=O)C(C)(C)Oc2ccc(C(=O)C(C)Cl)cc21. The zero-order valence-electron chi connectivity index (χ0n) is 15.0. The van der Waals surface area contributed by atoms with Gasteiger partial charge in [0.2, 0.25) is 0 Å². The lowest BCUT2D eigenvalue weighted by Crippen LogP contribution is -2.54. The molecular formula is C18H22ClNO5. The summed E-state index contributed by atoms with van der Waals surface area (Å²) in [7, 11) is 0. The minimum Gasteiger partial charge on any atom is -0.476 e. The first-order valence-corrected chi connectivity index (χ1v) is 8.49. The van der Waals surface area contributed by atoms with E-state index < -0.39 is 16.9 Å². The average molecular weight is 368 g/mol. The number of ketones is 1. The Labute approximate surface area is 152 Å². The number of rotatable bonds is 5. The maximum absolute atomic E-state index is 12.7. The number of Topliss-reactive ketones (excluding diaryl/α,β-unsaturated/α-hetero) is 1. The van der Waals surface area contributed by atoms with Crippen LogP contribution in [-0.4, -0.2) is 41.3 Å². The molecule has 1 aliphatic heterocycles. The van der Waals surface area contributed by atoms with Crippen LogP contribution in [0.25, 0.3) is 0 Å². The summed E-state index contributed by atoms with van der Waals surface area (Å²) in [4.78, 5) is 38.2. The lowest BCUT2D eigenvalue weighted by molar-refractivity contribution is -0.147. The van der Waals surface area contributed by atoms with Crippen molar-refractivity contribution < 1.29 is 23.9 Å². The molecule has 0 aliphatic carbocycles. The zero-order valence-corrected chi connectivity index (χ0v) is 15.7. The number of hydrogen-bond acceptors (Lipinski definition) is 5. The smallest absolute Gasteiger partial charge is 0.326 e. The van der Waals surface area contributed by atoms with Gasteiger partial charge in [0.25, 0.3) is 5.91 Å². The maximum Gasteiger partial charge on any atom is 0.326 e. The van der Waals surface area contributed by atoms with Gasteiger partial charge < -0.3 is 9.47 Å². The van der Waals surface area contributed by atoms with E-state index in [4.69, 9.17) is 21.1 Å². The molecule has 0 spiro atoms. The molecule has 1 heterocycles. The van der Waals surface area contributed by atoms with Crippen molar-refractivity contribution in [3.8, 4) is 5.75 Å². The molecule has 0 saturated heterocycles. The van der Waals surface area contributed by atoms with Gasteiger partial charge in [-0.3, -0.25) is 19.3 Å². The second-order valence-electron chi connectivity index (χ2n) is 6.71. The van der Waals surface area contributed by atoms with Gasteiger partial charge >= 0.3 is 5.97 Å². The number of benzene rings is 1. The molecular weight excluding hydrogens is 346 g/mol. The van der Waals surface area contributed by atoms with Crippen LogP contribution in [0, 0.1) is 0 Å². The number of ether oxygens (including phenoxy) is 2. The number of alkyl halides is 1. The van der Waals surface area contributed by atoms with Crippen LogP contribution >= 0.6 is 11.6 Å². The topological polar surface area (TPSA) is 72.9 Å². The van der Waals surface area contributed by atoms with Crippen LogP contribution in [0.2, 0.25) is 0 Å². The van der Waals surface area contributed by atoms with Gasteiger partial charge in [-0.25, -0.2) is 0 Å². The molecule has 2 rings (SSSR count). The predicted molar refractivity (Wildman–Crippen MR) is 94.4 cm³/mol. The number of carbonyl (C=O) groups is 3. The minimum atomic E-state index is -1.13. The third kappa shape index (κ3) is 4.12. The van der Waals surface area contributed by atoms with E-state index in [1.54, 1.807) is 46.8 Å². The largest absolute Gasteiger partial charge is 0.476 e. The van der Waals surface area contributed by atoms with Crippen molar-refractivity contribution >= 4 is 34.9 Å². The Balaban J connectivity index is 2.44. The third-order valence-corrected chi connectivity index (χ3v) is 3.87. The van der Waals surface area contributed by atoms with E-state index in [1.165, 1.54) is 11.0 Å². The lowest BCUT2D eigenvalue weighted by Gasteiger charge is -2.38. The van der Waals surface area contributed by atoms with Gasteiger partial charge in [0.05, 0.1) is 17.2 Å². The Kier molecular flexibility index (Phi) is 5.42. The molecule has 1 atom stereocenters. The van der Waals surface area contributed by atoms with Gasteiger partial charge in [-0.15, -0.1) is 11.6 Å². The molecule has 1 aromatic carbocycles. The average Bonchev–Trinajstić information content (AvgIpc) is 2.49. The number of halogens is 1. The summed E-state index contributed by atoms with van der Waals surface area (Å²) in [5.41, 5.74) is -0.427. The van der Waals surface area contributed by atoms with Crippen LogP contribution in [0.4, 0.5) is 5.69 Å². The Hall–Kier alpha value is -2.08. The fourth-order valence-corrected chi connectivity index (χ4v) is 2.66. The predicted octanol–water partition coefficient (Wildman–Crippen LogP) is 2.95. The number of hydrogen-bond donors (Lipinski definition) is 0. The summed E-state index contributed by atoms with van der Waals surface area (Å²) in [6.07, 6.45) is -0.291. The monoisotopic (exact) mass is 367 g/mol. The standard InChI is InChI=1S/C18H22ClNO5/c1-10(2)24-15(21)9-20-13-8-12(16(22)11(3)19)6-7-14(13)25-18(4,5)17(20)23/h6-8,10-11H,9H2,1-5H3. The summed E-state index contributed by atoms with van der Waals surface area (Å²) >= 11 is 5.86. The van der Waals surface area contributed by atoms with Crippen molar-refractivity contribution in [3.05, 3.63) is 23.8 Å². The van der Waals surface area contributed by atoms with Gasteiger partial charge in [-0.1, -0.05) is 0 Å². The summed E-state index contributed by atoms with van der Waals surface area (Å²) in [5.74, 6) is -0.772. The van der Waals surface area contributed by atoms with Crippen molar-refractivity contribution in [1.82, 2.24) is 0 Å². The molecule has 0 radical (unpaired) electrons. The molecule has 1 aliphatic rings. The van der Waals surface area contributed by atoms with Crippen molar-refractivity contribution in [2.24, 2.45) is 0 Å². The number of carbonyl (C=O) groups excluding carboxylic acids is 3. The first-order valence-electron chi connectivity index (χ1n) is 8.05. The molecule has 1 unspecified atom stereocenters. The van der Waals surface area contributed by atoms with Crippen LogP contribution < -0.4 is 9.64 Å². The Bertz CT molecular complexity index is 711. The molecule has 6 nitrogen and oxygen atoms in total. The molecule has 0 bridgehead atoms. The quantitative estimate of drug-likeness (QED) is 0.454. The van der Waals surface area contributed by atoms with E-state index in [0.29, 0.717) is 17.0 Å². The highest BCUT2D eigenvalue weighted by atomic mass is 35.5. The van der Waals surface area contributed by atoms with E-state index in [-0.39, 0.29) is 24.3 Å². The molecule has 1 amide bonds.